The van der Waals surface area contributed by atoms with Crippen LogP contribution in [0.5, 0.6) is 17.2 Å². The average Bonchev–Trinajstić information content (AvgIpc) is 2.78. The number of aromatic amines is 1. The molecule has 0 aliphatic rings. The molecule has 164 valence electrons. The molecule has 0 atom stereocenters. The molecule has 3 N–H and O–H groups in total. The summed E-state index contributed by atoms with van der Waals surface area (Å²) in [7, 11) is 4.67. The predicted molar refractivity (Wildman–Crippen MR) is 124 cm³/mol. The van der Waals surface area contributed by atoms with E-state index in [0.717, 1.165) is 5.39 Å². The fraction of sp³-hybridized carbons (Fsp3) is 0.273. The maximum Gasteiger partial charge on any atom is 0.253 e. The van der Waals surface area contributed by atoms with Gasteiger partial charge in [0.25, 0.3) is 5.56 Å². The molecule has 3 rings (SSSR count). The Morgan fingerprint density at radius 2 is 1.74 bits per heavy atom. The third-order valence-corrected chi connectivity index (χ3v) is 5.15. The van der Waals surface area contributed by atoms with Crippen LogP contribution in [0.3, 0.4) is 0 Å². The van der Waals surface area contributed by atoms with Gasteiger partial charge in [0.05, 0.1) is 45.7 Å². The number of pyridine rings is 1. The van der Waals surface area contributed by atoms with Gasteiger partial charge >= 0.3 is 0 Å². The van der Waals surface area contributed by atoms with Crippen LogP contribution in [-0.2, 0) is 6.54 Å². The Morgan fingerprint density at radius 3 is 2.42 bits per heavy atom. The van der Waals surface area contributed by atoms with Crippen molar-refractivity contribution in [2.75, 3.05) is 39.8 Å². The fourth-order valence-corrected chi connectivity index (χ4v) is 3.48. The molecule has 0 saturated carbocycles. The SMILES string of the molecule is COc1ccccc1NC(=S)N(CCO)Cc1cc2cc(OC)c(OC)cc2[nH]c1=O. The Morgan fingerprint density at radius 1 is 1.06 bits per heavy atom. The summed E-state index contributed by atoms with van der Waals surface area (Å²) in [6.07, 6.45) is 0. The number of hydrogen-bond donors (Lipinski definition) is 3. The summed E-state index contributed by atoms with van der Waals surface area (Å²) in [5, 5.41) is 13.8. The van der Waals surface area contributed by atoms with Gasteiger partial charge in [-0.15, -0.1) is 0 Å². The van der Waals surface area contributed by atoms with Gasteiger partial charge in [-0.1, -0.05) is 12.1 Å². The van der Waals surface area contributed by atoms with Crippen molar-refractivity contribution in [1.29, 1.82) is 0 Å². The molecule has 3 aromatic rings. The summed E-state index contributed by atoms with van der Waals surface area (Å²) in [6, 6.07) is 12.7. The van der Waals surface area contributed by atoms with Crippen molar-refractivity contribution < 1.29 is 19.3 Å². The minimum absolute atomic E-state index is 0.121. The Bertz CT molecular complexity index is 1130. The van der Waals surface area contributed by atoms with Crippen LogP contribution in [-0.4, -0.2) is 54.6 Å². The number of nitrogens with one attached hydrogen (secondary N) is 2. The fourth-order valence-electron chi connectivity index (χ4n) is 3.22. The third kappa shape index (κ3) is 5.07. The number of rotatable bonds is 8. The van der Waals surface area contributed by atoms with Crippen LogP contribution < -0.4 is 25.1 Å². The normalized spacial score (nSPS) is 10.6. The van der Waals surface area contributed by atoms with Crippen LogP contribution in [0.15, 0.2) is 47.3 Å². The van der Waals surface area contributed by atoms with Crippen LogP contribution in [0.25, 0.3) is 10.9 Å². The van der Waals surface area contributed by atoms with E-state index in [1.54, 1.807) is 44.4 Å². The van der Waals surface area contributed by atoms with Crippen LogP contribution in [0, 0.1) is 0 Å². The number of methoxy groups -OCH3 is 3. The smallest absolute Gasteiger partial charge is 0.253 e. The molecule has 9 heteroatoms. The Labute approximate surface area is 185 Å². The zero-order valence-corrected chi connectivity index (χ0v) is 18.4. The lowest BCUT2D eigenvalue weighted by atomic mass is 10.1. The van der Waals surface area contributed by atoms with Gasteiger partial charge in [0.15, 0.2) is 16.6 Å². The zero-order chi connectivity index (χ0) is 22.4. The largest absolute Gasteiger partial charge is 0.495 e. The molecule has 0 amide bonds. The first-order valence-corrected chi connectivity index (χ1v) is 9.99. The number of ether oxygens (including phenoxy) is 3. The number of nitrogens with zero attached hydrogens (tertiary/aromatic N) is 1. The number of aliphatic hydroxyl groups excluding tert-OH is 1. The summed E-state index contributed by atoms with van der Waals surface area (Å²) in [5.74, 6) is 1.73. The average molecular weight is 444 g/mol. The molecule has 2 aromatic carbocycles. The van der Waals surface area contributed by atoms with Gasteiger partial charge in [0.2, 0.25) is 0 Å². The van der Waals surface area contributed by atoms with Gasteiger partial charge in [-0.3, -0.25) is 4.79 Å². The first kappa shape index (κ1) is 22.4. The molecule has 0 fully saturated rings. The molecule has 0 aliphatic heterocycles. The van der Waals surface area contributed by atoms with Gasteiger partial charge in [0, 0.05) is 23.6 Å². The second-order valence-electron chi connectivity index (χ2n) is 6.69. The number of anilines is 1. The maximum atomic E-state index is 12.7. The van der Waals surface area contributed by atoms with E-state index in [1.165, 1.54) is 0 Å². The number of benzene rings is 2. The molecule has 0 spiro atoms. The first-order valence-electron chi connectivity index (χ1n) is 9.58. The van der Waals surface area contributed by atoms with Crippen molar-refractivity contribution in [2.24, 2.45) is 0 Å². The van der Waals surface area contributed by atoms with Gasteiger partial charge in [0.1, 0.15) is 5.75 Å². The van der Waals surface area contributed by atoms with E-state index in [0.29, 0.717) is 39.1 Å². The lowest BCUT2D eigenvalue weighted by Gasteiger charge is -2.25. The molecule has 8 nitrogen and oxygen atoms in total. The van der Waals surface area contributed by atoms with Gasteiger partial charge in [-0.25, -0.2) is 0 Å². The second-order valence-corrected chi connectivity index (χ2v) is 7.08. The van der Waals surface area contributed by atoms with E-state index in [2.05, 4.69) is 10.3 Å². The number of aromatic nitrogens is 1. The van der Waals surface area contributed by atoms with Crippen molar-refractivity contribution in [3.8, 4) is 17.2 Å². The van der Waals surface area contributed by atoms with Crippen LogP contribution >= 0.6 is 12.2 Å². The van der Waals surface area contributed by atoms with Crippen molar-refractivity contribution >= 4 is 33.9 Å². The summed E-state index contributed by atoms with van der Waals surface area (Å²) < 4.78 is 16.0. The van der Waals surface area contributed by atoms with Gasteiger partial charge in [-0.2, -0.15) is 0 Å². The summed E-state index contributed by atoms with van der Waals surface area (Å²) in [5.41, 5.74) is 1.58. The van der Waals surface area contributed by atoms with Gasteiger partial charge < -0.3 is 34.5 Å². The van der Waals surface area contributed by atoms with E-state index in [4.69, 9.17) is 26.4 Å². The number of fused-ring (bicyclic) bond motifs is 1. The molecular formula is C22H25N3O5S. The molecule has 0 aliphatic carbocycles. The van der Waals surface area contributed by atoms with Crippen molar-refractivity contribution in [3.05, 3.63) is 58.4 Å². The molecular weight excluding hydrogens is 418 g/mol. The minimum Gasteiger partial charge on any atom is -0.495 e. The topological polar surface area (TPSA) is 96.1 Å². The monoisotopic (exact) mass is 443 g/mol. The molecule has 31 heavy (non-hydrogen) atoms. The number of thiocarbonyl (C=S) groups is 1. The Kier molecular flexibility index (Phi) is 7.32. The molecule has 1 aromatic heterocycles. The van der Waals surface area contributed by atoms with Crippen molar-refractivity contribution in [1.82, 2.24) is 9.88 Å². The lowest BCUT2D eigenvalue weighted by molar-refractivity contribution is 0.248. The number of hydrogen-bond acceptors (Lipinski definition) is 6. The quantitative estimate of drug-likeness (QED) is 0.458. The van der Waals surface area contributed by atoms with Crippen LogP contribution in [0.2, 0.25) is 0 Å². The van der Waals surface area contributed by atoms with E-state index in [9.17, 15) is 9.90 Å². The van der Waals surface area contributed by atoms with Gasteiger partial charge in [-0.05, 0) is 36.5 Å². The van der Waals surface area contributed by atoms with Crippen molar-refractivity contribution in [2.45, 2.75) is 6.54 Å². The predicted octanol–water partition coefficient (Wildman–Crippen LogP) is 2.75. The van der Waals surface area contributed by atoms with E-state index >= 15 is 0 Å². The van der Waals surface area contributed by atoms with E-state index in [-0.39, 0.29) is 25.3 Å². The molecule has 0 saturated heterocycles. The molecule has 0 unspecified atom stereocenters. The highest BCUT2D eigenvalue weighted by Crippen LogP contribution is 2.31. The van der Waals surface area contributed by atoms with E-state index < -0.39 is 0 Å². The zero-order valence-electron chi connectivity index (χ0n) is 17.6. The van der Waals surface area contributed by atoms with Crippen molar-refractivity contribution in [3.63, 3.8) is 0 Å². The molecule has 0 radical (unpaired) electrons. The van der Waals surface area contributed by atoms with Crippen LogP contribution in [0.4, 0.5) is 5.69 Å². The summed E-state index contributed by atoms with van der Waals surface area (Å²) in [6.45, 7) is 0.343. The number of para-hydroxylation sites is 2. The maximum absolute atomic E-state index is 12.7. The Hall–Kier alpha value is -3.30. The molecule has 0 bridgehead atoms. The first-order chi connectivity index (χ1) is 15.0. The second kappa shape index (κ2) is 10.1. The number of H-pyrrole nitrogens is 1. The third-order valence-electron chi connectivity index (χ3n) is 4.79. The highest BCUT2D eigenvalue weighted by molar-refractivity contribution is 7.80. The van der Waals surface area contributed by atoms with Crippen LogP contribution in [0.1, 0.15) is 5.56 Å². The standard InChI is InChI=1S/C22H25N3O5S/c1-28-18-7-5-4-6-16(18)24-22(31)25(8-9-26)13-15-10-14-11-19(29-2)20(30-3)12-17(14)23-21(15)27/h4-7,10-12,26H,8-9,13H2,1-3H3,(H,23,27)(H,24,31). The van der Waals surface area contributed by atoms with E-state index in [1.807, 2.05) is 24.3 Å². The lowest BCUT2D eigenvalue weighted by Crippen LogP contribution is -2.37. The highest BCUT2D eigenvalue weighted by Gasteiger charge is 2.15. The number of aliphatic hydroxyl groups is 1. The minimum atomic E-state index is -0.247. The summed E-state index contributed by atoms with van der Waals surface area (Å²) >= 11 is 5.54. The summed E-state index contributed by atoms with van der Waals surface area (Å²) in [4.78, 5) is 17.3. The molecule has 1 heterocycles. The highest BCUT2D eigenvalue weighted by atomic mass is 32.1. The Balaban J connectivity index is 1.90.